The molecule has 2 aromatic rings. The van der Waals surface area contributed by atoms with Crippen molar-refractivity contribution in [1.82, 2.24) is 14.8 Å². The van der Waals surface area contributed by atoms with Crippen LogP contribution >= 0.6 is 0 Å². The molecular weight excluding hydrogens is 462 g/mol. The van der Waals surface area contributed by atoms with Crippen molar-refractivity contribution in [3.8, 4) is 0 Å². The molecule has 1 aromatic heterocycles. The van der Waals surface area contributed by atoms with Crippen molar-refractivity contribution in [2.24, 2.45) is 5.73 Å². The molecule has 0 atom stereocenters. The Hall–Kier alpha value is -2.93. The number of likely N-dealkylation sites (tertiary alicyclic amines) is 1. The fourth-order valence-electron chi connectivity index (χ4n) is 4.87. The van der Waals surface area contributed by atoms with Gasteiger partial charge in [0.05, 0.1) is 0 Å². The number of unbranched alkanes of at least 4 members (excludes halogenated alkanes) is 1. The molecule has 3 N–H and O–H groups in total. The second-order valence-corrected chi connectivity index (χ2v) is 9.12. The molecule has 3 heterocycles. The Labute approximate surface area is 223 Å². The van der Waals surface area contributed by atoms with Crippen LogP contribution in [0.4, 0.5) is 5.82 Å². The first-order chi connectivity index (χ1) is 18.0. The highest BCUT2D eigenvalue weighted by molar-refractivity contribution is 5.97. The fourth-order valence-corrected chi connectivity index (χ4v) is 4.87. The molecule has 0 spiro atoms. The lowest BCUT2D eigenvalue weighted by atomic mass is 9.99. The van der Waals surface area contributed by atoms with E-state index in [1.807, 2.05) is 55.8 Å². The molecule has 1 fully saturated rings. The van der Waals surface area contributed by atoms with Gasteiger partial charge < -0.3 is 20.9 Å². The van der Waals surface area contributed by atoms with Gasteiger partial charge in [-0.1, -0.05) is 52.0 Å². The SMILES string of the molecule is CC.CC.CC(=O)N1CCC(Nc2cc3c(cn2)CCN(CCCCc2ccccc2CN)C3=O)CC1. The quantitative estimate of drug-likeness (QED) is 0.487. The third kappa shape index (κ3) is 8.56. The van der Waals surface area contributed by atoms with Crippen LogP contribution in [0, 0.1) is 0 Å². The summed E-state index contributed by atoms with van der Waals surface area (Å²) in [6.45, 7) is 13.2. The molecule has 7 heteroatoms. The number of rotatable bonds is 8. The first-order valence-corrected chi connectivity index (χ1v) is 14.1. The van der Waals surface area contributed by atoms with E-state index >= 15 is 0 Å². The molecular formula is C30H47N5O2. The lowest BCUT2D eigenvalue weighted by molar-refractivity contribution is -0.129. The van der Waals surface area contributed by atoms with Crippen molar-refractivity contribution >= 4 is 17.6 Å². The summed E-state index contributed by atoms with van der Waals surface area (Å²) in [6, 6.07) is 10.5. The van der Waals surface area contributed by atoms with Crippen LogP contribution in [0.25, 0.3) is 0 Å². The Morgan fingerprint density at radius 2 is 1.73 bits per heavy atom. The Morgan fingerprint density at radius 3 is 2.38 bits per heavy atom. The maximum absolute atomic E-state index is 13.2. The van der Waals surface area contributed by atoms with Crippen LogP contribution in [0.5, 0.6) is 0 Å². The minimum Gasteiger partial charge on any atom is -0.367 e. The van der Waals surface area contributed by atoms with Crippen LogP contribution in [0.15, 0.2) is 36.5 Å². The van der Waals surface area contributed by atoms with E-state index in [0.717, 1.165) is 81.6 Å². The molecule has 0 unspecified atom stereocenters. The number of carbonyl (C=O) groups is 2. The molecule has 1 aromatic carbocycles. The molecule has 204 valence electrons. The van der Waals surface area contributed by atoms with Gasteiger partial charge in [-0.05, 0) is 61.3 Å². The molecule has 2 amide bonds. The van der Waals surface area contributed by atoms with Crippen LogP contribution in [0.1, 0.15) is 87.4 Å². The molecule has 0 aliphatic carbocycles. The number of nitrogens with zero attached hydrogens (tertiary/aromatic N) is 3. The normalized spacial score (nSPS) is 15.1. The standard InChI is InChI=1S/C26H35N5O2.2C2H6/c1-19(32)30-14-10-23(11-15-30)29-25-16-24-22(18-28-25)9-13-31(26(24)33)12-5-4-7-20-6-2-3-8-21(20)17-27;2*1-2/h2-3,6,8,16,18,23H,4-5,7,9-15,17,27H2,1H3,(H,28,29);2*1-2H3. The minimum absolute atomic E-state index is 0.107. The number of carbonyl (C=O) groups excluding carboxylic acids is 2. The summed E-state index contributed by atoms with van der Waals surface area (Å²) in [7, 11) is 0. The highest BCUT2D eigenvalue weighted by atomic mass is 16.2. The van der Waals surface area contributed by atoms with Crippen molar-refractivity contribution in [3.05, 3.63) is 58.8 Å². The predicted molar refractivity (Wildman–Crippen MR) is 153 cm³/mol. The van der Waals surface area contributed by atoms with Gasteiger partial charge in [-0.15, -0.1) is 0 Å². The number of piperidine rings is 1. The Bertz CT molecular complexity index is 986. The lowest BCUT2D eigenvalue weighted by Crippen LogP contribution is -2.41. The number of nitrogens with two attached hydrogens (primary N) is 1. The van der Waals surface area contributed by atoms with E-state index < -0.39 is 0 Å². The van der Waals surface area contributed by atoms with Gasteiger partial charge in [-0.25, -0.2) is 4.98 Å². The largest absolute Gasteiger partial charge is 0.367 e. The average molecular weight is 510 g/mol. The summed E-state index contributed by atoms with van der Waals surface area (Å²) in [5.41, 5.74) is 10.2. The first kappa shape index (κ1) is 30.3. The molecule has 0 bridgehead atoms. The number of aryl methyl sites for hydroxylation is 1. The van der Waals surface area contributed by atoms with Gasteiger partial charge in [0.1, 0.15) is 5.82 Å². The van der Waals surface area contributed by atoms with E-state index in [4.69, 9.17) is 5.73 Å². The maximum atomic E-state index is 13.2. The number of hydrogen-bond acceptors (Lipinski definition) is 5. The monoisotopic (exact) mass is 509 g/mol. The van der Waals surface area contributed by atoms with E-state index in [9.17, 15) is 9.59 Å². The van der Waals surface area contributed by atoms with Crippen LogP contribution in [0.2, 0.25) is 0 Å². The van der Waals surface area contributed by atoms with Gasteiger partial charge in [-0.2, -0.15) is 0 Å². The highest BCUT2D eigenvalue weighted by Crippen LogP contribution is 2.23. The molecule has 0 saturated carbocycles. The van der Waals surface area contributed by atoms with Gasteiger partial charge in [0.25, 0.3) is 5.91 Å². The Balaban J connectivity index is 0.00000115. The summed E-state index contributed by atoms with van der Waals surface area (Å²) in [4.78, 5) is 33.1. The van der Waals surface area contributed by atoms with Gasteiger partial charge in [-0.3, -0.25) is 9.59 Å². The van der Waals surface area contributed by atoms with Crippen LogP contribution in [0.3, 0.4) is 0 Å². The smallest absolute Gasteiger partial charge is 0.254 e. The zero-order chi connectivity index (χ0) is 27.2. The predicted octanol–water partition coefficient (Wildman–Crippen LogP) is 5.04. The topological polar surface area (TPSA) is 91.6 Å². The molecule has 2 aliphatic rings. The molecule has 1 saturated heterocycles. The fraction of sp³-hybridized carbons (Fsp3) is 0.567. The number of nitrogens with one attached hydrogen (secondary N) is 1. The van der Waals surface area contributed by atoms with Crippen molar-refractivity contribution in [2.75, 3.05) is 31.5 Å². The van der Waals surface area contributed by atoms with E-state index in [-0.39, 0.29) is 17.9 Å². The summed E-state index contributed by atoms with van der Waals surface area (Å²) in [6.07, 6.45) is 7.49. The van der Waals surface area contributed by atoms with Gasteiger partial charge >= 0.3 is 0 Å². The average Bonchev–Trinajstić information content (AvgIpc) is 2.95. The second kappa shape index (κ2) is 16.0. The number of benzene rings is 1. The van der Waals surface area contributed by atoms with Crippen LogP contribution < -0.4 is 11.1 Å². The van der Waals surface area contributed by atoms with Crippen molar-refractivity contribution in [3.63, 3.8) is 0 Å². The maximum Gasteiger partial charge on any atom is 0.254 e. The van der Waals surface area contributed by atoms with Crippen molar-refractivity contribution in [2.45, 2.75) is 85.7 Å². The number of pyridine rings is 1. The second-order valence-electron chi connectivity index (χ2n) is 9.12. The summed E-state index contributed by atoms with van der Waals surface area (Å²) < 4.78 is 0. The van der Waals surface area contributed by atoms with Crippen molar-refractivity contribution < 1.29 is 9.59 Å². The van der Waals surface area contributed by atoms with E-state index in [1.54, 1.807) is 6.92 Å². The summed E-state index contributed by atoms with van der Waals surface area (Å²) >= 11 is 0. The lowest BCUT2D eigenvalue weighted by Gasteiger charge is -2.32. The number of amides is 2. The van der Waals surface area contributed by atoms with E-state index in [1.165, 1.54) is 11.1 Å². The Morgan fingerprint density at radius 1 is 1.05 bits per heavy atom. The van der Waals surface area contributed by atoms with Gasteiger partial charge in [0.2, 0.25) is 5.91 Å². The zero-order valence-electron chi connectivity index (χ0n) is 23.6. The highest BCUT2D eigenvalue weighted by Gasteiger charge is 2.26. The van der Waals surface area contributed by atoms with Gasteiger partial charge in [0.15, 0.2) is 0 Å². The van der Waals surface area contributed by atoms with Crippen LogP contribution in [-0.2, 0) is 24.2 Å². The Kier molecular flexibility index (Phi) is 13.1. The molecule has 0 radical (unpaired) electrons. The number of fused-ring (bicyclic) bond motifs is 1. The third-order valence-corrected chi connectivity index (χ3v) is 6.91. The van der Waals surface area contributed by atoms with Crippen molar-refractivity contribution in [1.29, 1.82) is 0 Å². The molecule has 7 nitrogen and oxygen atoms in total. The zero-order valence-corrected chi connectivity index (χ0v) is 23.6. The number of aromatic nitrogens is 1. The first-order valence-electron chi connectivity index (χ1n) is 14.1. The summed E-state index contributed by atoms with van der Waals surface area (Å²) in [5, 5.41) is 3.48. The molecule has 2 aliphatic heterocycles. The number of hydrogen-bond donors (Lipinski definition) is 2. The van der Waals surface area contributed by atoms with E-state index in [2.05, 4.69) is 28.5 Å². The van der Waals surface area contributed by atoms with Crippen LogP contribution in [-0.4, -0.2) is 58.8 Å². The third-order valence-electron chi connectivity index (χ3n) is 6.91. The molecule has 37 heavy (non-hydrogen) atoms. The van der Waals surface area contributed by atoms with E-state index in [0.29, 0.717) is 6.54 Å². The summed E-state index contributed by atoms with van der Waals surface area (Å²) in [5.74, 6) is 0.994. The van der Waals surface area contributed by atoms with Gasteiger partial charge in [0, 0.05) is 57.4 Å². The molecule has 4 rings (SSSR count). The minimum atomic E-state index is 0.107. The number of anilines is 1.